The first kappa shape index (κ1) is 14.6. The summed E-state index contributed by atoms with van der Waals surface area (Å²) in [6, 6.07) is 0. The van der Waals surface area contributed by atoms with E-state index in [1.54, 1.807) is 0 Å². The monoisotopic (exact) mass is 258 g/mol. The maximum Gasteiger partial charge on any atom is 0.201 e. The molecule has 0 saturated carbocycles. The van der Waals surface area contributed by atoms with E-state index in [0.717, 1.165) is 0 Å². The highest BCUT2D eigenvalue weighted by Gasteiger charge is 2.23. The van der Waals surface area contributed by atoms with Crippen molar-refractivity contribution in [2.75, 3.05) is 21.3 Å². The van der Waals surface area contributed by atoms with Crippen molar-refractivity contribution in [2.45, 2.75) is 19.8 Å². The van der Waals surface area contributed by atoms with E-state index in [1.165, 1.54) is 21.3 Å². The molecule has 3 N–H and O–H groups in total. The van der Waals surface area contributed by atoms with E-state index in [2.05, 4.69) is 0 Å². The highest BCUT2D eigenvalue weighted by atomic mass is 16.5. The molecular formula is C12H18O6. The van der Waals surface area contributed by atoms with Crippen LogP contribution in [-0.2, 0) is 34.0 Å². The van der Waals surface area contributed by atoms with Crippen LogP contribution >= 0.6 is 0 Å². The van der Waals surface area contributed by atoms with Crippen LogP contribution in [0.5, 0.6) is 17.2 Å². The van der Waals surface area contributed by atoms with Gasteiger partial charge in [-0.15, -0.1) is 0 Å². The van der Waals surface area contributed by atoms with E-state index in [-0.39, 0.29) is 19.8 Å². The third-order valence-electron chi connectivity index (χ3n) is 2.61. The molecule has 102 valence electrons. The molecule has 0 spiro atoms. The third kappa shape index (κ3) is 2.66. The van der Waals surface area contributed by atoms with Crippen LogP contribution in [0.4, 0.5) is 0 Å². The number of rotatable bonds is 6. The summed E-state index contributed by atoms with van der Waals surface area (Å²) in [4.78, 5) is 0. The quantitative estimate of drug-likeness (QED) is 0.665. The maximum atomic E-state index is 9.82. The molecule has 0 atom stereocenters. The molecule has 0 aliphatic rings. The lowest BCUT2D eigenvalue weighted by atomic mass is 9.99. The third-order valence-corrected chi connectivity index (χ3v) is 2.61. The second-order valence-electron chi connectivity index (χ2n) is 3.78. The summed E-state index contributed by atoms with van der Waals surface area (Å²) in [5, 5.41) is 29.3. The number of methoxy groups -OCH3 is 3. The SMILES string of the molecule is COCc1c(O)c(O)c(O)c(COC)c1COC. The van der Waals surface area contributed by atoms with Gasteiger partial charge in [0.1, 0.15) is 0 Å². The normalized spacial score (nSPS) is 10.8. The lowest BCUT2D eigenvalue weighted by molar-refractivity contribution is 0.154. The molecule has 0 bridgehead atoms. The van der Waals surface area contributed by atoms with Crippen LogP contribution in [0.25, 0.3) is 0 Å². The molecule has 1 aromatic rings. The van der Waals surface area contributed by atoms with Gasteiger partial charge in [0.2, 0.25) is 5.75 Å². The lowest BCUT2D eigenvalue weighted by Crippen LogP contribution is -2.05. The van der Waals surface area contributed by atoms with Crippen LogP contribution in [0.15, 0.2) is 0 Å². The molecule has 1 rings (SSSR count). The highest BCUT2D eigenvalue weighted by molar-refractivity contribution is 5.61. The summed E-state index contributed by atoms with van der Waals surface area (Å²) in [5.74, 6) is -1.38. The maximum absolute atomic E-state index is 9.82. The van der Waals surface area contributed by atoms with Crippen molar-refractivity contribution in [3.8, 4) is 17.2 Å². The number of hydrogen-bond donors (Lipinski definition) is 3. The van der Waals surface area contributed by atoms with Crippen LogP contribution in [0.3, 0.4) is 0 Å². The second-order valence-corrected chi connectivity index (χ2v) is 3.78. The van der Waals surface area contributed by atoms with Gasteiger partial charge in [-0.25, -0.2) is 0 Å². The Bertz CT molecular complexity index is 383. The van der Waals surface area contributed by atoms with E-state index in [1.807, 2.05) is 0 Å². The van der Waals surface area contributed by atoms with Crippen LogP contribution in [0.2, 0.25) is 0 Å². The Kier molecular flexibility index (Phi) is 5.21. The van der Waals surface area contributed by atoms with Gasteiger partial charge in [0.25, 0.3) is 0 Å². The molecule has 0 aliphatic heterocycles. The Morgan fingerprint density at radius 1 is 0.611 bits per heavy atom. The van der Waals surface area contributed by atoms with Crippen molar-refractivity contribution in [2.24, 2.45) is 0 Å². The number of phenolic OH excluding ortho intramolecular Hbond substituents is 3. The summed E-state index contributed by atoms with van der Waals surface area (Å²) < 4.78 is 15.0. The molecule has 1 aromatic carbocycles. The van der Waals surface area contributed by atoms with Gasteiger partial charge in [-0.1, -0.05) is 0 Å². The van der Waals surface area contributed by atoms with Gasteiger partial charge in [0, 0.05) is 32.5 Å². The average molecular weight is 258 g/mol. The van der Waals surface area contributed by atoms with E-state index in [9.17, 15) is 15.3 Å². The summed E-state index contributed by atoms with van der Waals surface area (Å²) in [6.45, 7) is 0.350. The first-order chi connectivity index (χ1) is 8.58. The fraction of sp³-hybridized carbons (Fsp3) is 0.500. The molecule has 18 heavy (non-hydrogen) atoms. The average Bonchev–Trinajstić information content (AvgIpc) is 2.36. The van der Waals surface area contributed by atoms with E-state index in [0.29, 0.717) is 16.7 Å². The number of phenols is 3. The Balaban J connectivity index is 3.46. The van der Waals surface area contributed by atoms with E-state index in [4.69, 9.17) is 14.2 Å². The molecule has 6 nitrogen and oxygen atoms in total. The van der Waals surface area contributed by atoms with Crippen LogP contribution in [0, 0.1) is 0 Å². The molecule has 0 unspecified atom stereocenters. The number of hydrogen-bond acceptors (Lipinski definition) is 6. The fourth-order valence-electron chi connectivity index (χ4n) is 1.78. The largest absolute Gasteiger partial charge is 0.504 e. The van der Waals surface area contributed by atoms with Gasteiger partial charge < -0.3 is 29.5 Å². The van der Waals surface area contributed by atoms with Crippen molar-refractivity contribution in [3.63, 3.8) is 0 Å². The number of aromatic hydroxyl groups is 3. The number of benzene rings is 1. The van der Waals surface area contributed by atoms with Crippen molar-refractivity contribution >= 4 is 0 Å². The van der Waals surface area contributed by atoms with E-state index >= 15 is 0 Å². The van der Waals surface area contributed by atoms with Gasteiger partial charge in [0.05, 0.1) is 19.8 Å². The Morgan fingerprint density at radius 2 is 0.944 bits per heavy atom. The molecule has 0 heterocycles. The standard InChI is InChI=1S/C12H18O6/c1-16-4-7-8(5-17-2)10(13)12(15)11(14)9(7)6-18-3/h13-15H,4-6H2,1-3H3. The minimum Gasteiger partial charge on any atom is -0.504 e. The van der Waals surface area contributed by atoms with Crippen LogP contribution in [0.1, 0.15) is 16.7 Å². The Morgan fingerprint density at radius 3 is 1.28 bits per heavy atom. The second kappa shape index (κ2) is 6.44. The van der Waals surface area contributed by atoms with Crippen molar-refractivity contribution in [1.82, 2.24) is 0 Å². The van der Waals surface area contributed by atoms with Crippen LogP contribution in [-0.4, -0.2) is 36.6 Å². The molecule has 0 aliphatic carbocycles. The molecular weight excluding hydrogens is 240 g/mol. The minimum atomic E-state index is -0.575. The van der Waals surface area contributed by atoms with Gasteiger partial charge in [0.15, 0.2) is 11.5 Å². The first-order valence-corrected chi connectivity index (χ1v) is 5.32. The van der Waals surface area contributed by atoms with E-state index < -0.39 is 17.2 Å². The highest BCUT2D eigenvalue weighted by Crippen LogP contribution is 2.44. The topological polar surface area (TPSA) is 88.4 Å². The van der Waals surface area contributed by atoms with Gasteiger partial charge in [-0.05, 0) is 5.56 Å². The smallest absolute Gasteiger partial charge is 0.201 e. The fourth-order valence-corrected chi connectivity index (χ4v) is 1.78. The predicted molar refractivity (Wildman–Crippen MR) is 63.6 cm³/mol. The zero-order valence-corrected chi connectivity index (χ0v) is 10.7. The summed E-state index contributed by atoms with van der Waals surface area (Å²) in [5.41, 5.74) is 1.30. The number of ether oxygens (including phenoxy) is 3. The minimum absolute atomic E-state index is 0.0923. The molecule has 0 radical (unpaired) electrons. The molecule has 0 aromatic heterocycles. The zero-order chi connectivity index (χ0) is 13.7. The molecule has 0 fully saturated rings. The molecule has 0 amide bonds. The van der Waals surface area contributed by atoms with Crippen LogP contribution < -0.4 is 0 Å². The zero-order valence-electron chi connectivity index (χ0n) is 10.7. The summed E-state index contributed by atoms with van der Waals surface area (Å²) in [7, 11) is 4.43. The lowest BCUT2D eigenvalue weighted by Gasteiger charge is -2.18. The van der Waals surface area contributed by atoms with Gasteiger partial charge >= 0.3 is 0 Å². The van der Waals surface area contributed by atoms with Crippen molar-refractivity contribution < 1.29 is 29.5 Å². The Labute approximate surface area is 105 Å². The van der Waals surface area contributed by atoms with Crippen molar-refractivity contribution in [3.05, 3.63) is 16.7 Å². The summed E-state index contributed by atoms with van der Waals surface area (Å²) >= 11 is 0. The molecule has 0 saturated heterocycles. The van der Waals surface area contributed by atoms with Gasteiger partial charge in [-0.2, -0.15) is 0 Å². The van der Waals surface area contributed by atoms with Crippen molar-refractivity contribution in [1.29, 1.82) is 0 Å². The summed E-state index contributed by atoms with van der Waals surface area (Å²) in [6.07, 6.45) is 0. The molecule has 6 heteroatoms. The first-order valence-electron chi connectivity index (χ1n) is 5.32. The predicted octanol–water partition coefficient (Wildman–Crippen LogP) is 1.24. The Hall–Kier alpha value is -1.50. The van der Waals surface area contributed by atoms with Gasteiger partial charge in [-0.3, -0.25) is 0 Å².